The lowest BCUT2D eigenvalue weighted by atomic mass is 9.75. The van der Waals surface area contributed by atoms with E-state index in [9.17, 15) is 14.4 Å². The fourth-order valence-electron chi connectivity index (χ4n) is 3.22. The molecular weight excluding hydrogens is 297 g/mol. The molecule has 1 heterocycles. The molecule has 2 atom stereocenters. The van der Waals surface area contributed by atoms with Crippen LogP contribution in [0.3, 0.4) is 0 Å². The third kappa shape index (κ3) is 4.15. The van der Waals surface area contributed by atoms with Gasteiger partial charge in [-0.1, -0.05) is 13.8 Å². The van der Waals surface area contributed by atoms with Crippen molar-refractivity contribution in [1.29, 1.82) is 0 Å². The summed E-state index contributed by atoms with van der Waals surface area (Å²) in [6.45, 7) is 4.70. The lowest BCUT2D eigenvalue weighted by molar-refractivity contribution is -0.139. The summed E-state index contributed by atoms with van der Waals surface area (Å²) in [6.07, 6.45) is 4.63. The monoisotopic (exact) mass is 321 g/mol. The van der Waals surface area contributed by atoms with Crippen molar-refractivity contribution >= 4 is 37.1 Å². The summed E-state index contributed by atoms with van der Waals surface area (Å²) in [5.41, 5.74) is -0.225. The van der Waals surface area contributed by atoms with E-state index in [0.717, 1.165) is 32.1 Å². The largest absolute Gasteiger partial charge is 0.312 e. The van der Waals surface area contributed by atoms with Gasteiger partial charge in [-0.25, -0.2) is 0 Å². The molecule has 1 saturated carbocycles. The van der Waals surface area contributed by atoms with Crippen molar-refractivity contribution in [3.05, 3.63) is 0 Å². The van der Waals surface area contributed by atoms with Gasteiger partial charge in [0.1, 0.15) is 0 Å². The molecule has 120 valence electrons. The molecule has 1 aliphatic heterocycles. The maximum atomic E-state index is 12.4. The van der Waals surface area contributed by atoms with Gasteiger partial charge in [-0.15, -0.1) is 11.8 Å². The van der Waals surface area contributed by atoms with Crippen LogP contribution in [0.15, 0.2) is 0 Å². The topological polar surface area (TPSA) is 54.5 Å². The fraction of sp³-hybridized carbons (Fsp3) is 0.812. The Hall–Kier alpha value is -0.775. The zero-order chi connectivity index (χ0) is 16.3. The summed E-state index contributed by atoms with van der Waals surface area (Å²) in [6, 6.07) is 0. The van der Waals surface area contributed by atoms with Crippen molar-refractivity contribution in [1.82, 2.24) is 4.90 Å². The highest BCUT2D eigenvalue weighted by atomic mass is 32.2. The average molecular weight is 321 g/mol. The molecule has 0 aromatic rings. The van der Waals surface area contributed by atoms with Gasteiger partial charge in [0.2, 0.25) is 11.8 Å². The van der Waals surface area contributed by atoms with Crippen molar-refractivity contribution in [2.24, 2.45) is 11.8 Å². The Labute approximate surface area is 138 Å². The van der Waals surface area contributed by atoms with Crippen LogP contribution in [0.25, 0.3) is 0 Å². The Morgan fingerprint density at radius 1 is 1.32 bits per heavy atom. The van der Waals surface area contributed by atoms with Crippen molar-refractivity contribution < 1.29 is 14.4 Å². The molecule has 0 spiro atoms. The number of thioether (sulfide) groups is 1. The van der Waals surface area contributed by atoms with E-state index in [1.165, 1.54) is 4.90 Å². The van der Waals surface area contributed by atoms with Crippen LogP contribution in [0.2, 0.25) is 0 Å². The molecule has 2 aliphatic rings. The Kier molecular flexibility index (Phi) is 6.13. The molecule has 4 nitrogen and oxygen atoms in total. The van der Waals surface area contributed by atoms with Crippen LogP contribution in [0.5, 0.6) is 0 Å². The molecule has 22 heavy (non-hydrogen) atoms. The first-order valence-electron chi connectivity index (χ1n) is 8.21. The van der Waals surface area contributed by atoms with Gasteiger partial charge in [-0.2, -0.15) is 0 Å². The first kappa shape index (κ1) is 17.6. The third-order valence-corrected chi connectivity index (χ3v) is 6.36. The molecule has 2 rings (SSSR count). The number of carbonyl (C=O) groups excluding carboxylic acids is 3. The van der Waals surface area contributed by atoms with E-state index in [1.807, 2.05) is 0 Å². The molecule has 0 N–H and O–H groups in total. The highest BCUT2D eigenvalue weighted by Crippen LogP contribution is 2.33. The summed E-state index contributed by atoms with van der Waals surface area (Å²) >= 11 is 1.62. The molecular formula is C16H24BNO3S. The van der Waals surface area contributed by atoms with Gasteiger partial charge in [0.25, 0.3) is 0 Å². The van der Waals surface area contributed by atoms with E-state index in [0.29, 0.717) is 24.1 Å². The molecule has 6 heteroatoms. The number of amides is 2. The van der Waals surface area contributed by atoms with Crippen LogP contribution < -0.4 is 0 Å². The molecule has 2 radical (unpaired) electrons. The second kappa shape index (κ2) is 7.67. The zero-order valence-electron chi connectivity index (χ0n) is 13.4. The minimum Gasteiger partial charge on any atom is -0.312 e. The van der Waals surface area contributed by atoms with Gasteiger partial charge in [0.05, 0.1) is 10.9 Å². The van der Waals surface area contributed by atoms with E-state index in [-0.39, 0.29) is 28.7 Å². The Morgan fingerprint density at radius 3 is 2.50 bits per heavy atom. The SMILES string of the molecule is [B]C(=O)C1CCC(CN2C(=O)CC(SC(C)CC)C2=O)CC1. The fourth-order valence-corrected chi connectivity index (χ4v) is 4.45. The average Bonchev–Trinajstić information content (AvgIpc) is 2.75. The van der Waals surface area contributed by atoms with Crippen LogP contribution in [0, 0.1) is 11.8 Å². The van der Waals surface area contributed by atoms with E-state index in [2.05, 4.69) is 13.8 Å². The summed E-state index contributed by atoms with van der Waals surface area (Å²) in [7, 11) is 5.34. The predicted octanol–water partition coefficient (Wildman–Crippen LogP) is 2.15. The lowest BCUT2D eigenvalue weighted by Crippen LogP contribution is -2.37. The minimum atomic E-state index is -0.225. The predicted molar refractivity (Wildman–Crippen MR) is 88.7 cm³/mol. The lowest BCUT2D eigenvalue weighted by Gasteiger charge is -2.29. The van der Waals surface area contributed by atoms with Gasteiger partial charge in [-0.3, -0.25) is 14.5 Å². The molecule has 0 aromatic heterocycles. The first-order valence-corrected chi connectivity index (χ1v) is 9.15. The van der Waals surface area contributed by atoms with Crippen LogP contribution in [0.4, 0.5) is 0 Å². The third-order valence-electron chi connectivity index (χ3n) is 4.86. The second-order valence-corrected chi connectivity index (χ2v) is 8.16. The molecule has 1 saturated heterocycles. The molecule has 0 aromatic carbocycles. The van der Waals surface area contributed by atoms with Crippen LogP contribution in [-0.4, -0.2) is 47.3 Å². The van der Waals surface area contributed by atoms with Crippen molar-refractivity contribution in [2.75, 3.05) is 6.54 Å². The Balaban J connectivity index is 1.87. The van der Waals surface area contributed by atoms with Gasteiger partial charge < -0.3 is 4.79 Å². The standard InChI is InChI=1S/C16H24BNO3S/c1-3-10(2)22-13-8-14(19)18(16(13)21)9-11-4-6-12(7-5-11)15(17)20/h10-13H,3-9H2,1-2H3. The Morgan fingerprint density at radius 2 is 1.95 bits per heavy atom. The summed E-state index contributed by atoms with van der Waals surface area (Å²) in [4.78, 5) is 37.2. The van der Waals surface area contributed by atoms with E-state index in [1.54, 1.807) is 11.8 Å². The number of nitrogens with zero attached hydrogens (tertiary/aromatic N) is 1. The van der Waals surface area contributed by atoms with Gasteiger partial charge in [0.15, 0.2) is 7.85 Å². The highest BCUT2D eigenvalue weighted by molar-refractivity contribution is 8.01. The number of imide groups is 1. The van der Waals surface area contributed by atoms with Crippen LogP contribution >= 0.6 is 11.8 Å². The zero-order valence-corrected chi connectivity index (χ0v) is 14.2. The molecule has 2 amide bonds. The van der Waals surface area contributed by atoms with Crippen molar-refractivity contribution in [3.8, 4) is 0 Å². The van der Waals surface area contributed by atoms with Crippen molar-refractivity contribution in [3.63, 3.8) is 0 Å². The van der Waals surface area contributed by atoms with Gasteiger partial charge in [-0.05, 0) is 38.0 Å². The summed E-state index contributed by atoms with van der Waals surface area (Å²) < 4.78 is 0. The summed E-state index contributed by atoms with van der Waals surface area (Å²) in [5.74, 6) is 0.223. The van der Waals surface area contributed by atoms with Gasteiger partial charge >= 0.3 is 0 Å². The number of hydrogen-bond acceptors (Lipinski definition) is 4. The molecule has 2 fully saturated rings. The molecule has 1 aliphatic carbocycles. The maximum absolute atomic E-state index is 12.4. The molecule has 2 unspecified atom stereocenters. The number of rotatable bonds is 6. The Bertz CT molecular complexity index is 449. The summed E-state index contributed by atoms with van der Waals surface area (Å²) in [5, 5.41) is 0.192. The first-order chi connectivity index (χ1) is 10.4. The van der Waals surface area contributed by atoms with Gasteiger partial charge in [0, 0.05) is 24.1 Å². The number of hydrogen-bond donors (Lipinski definition) is 0. The highest BCUT2D eigenvalue weighted by Gasteiger charge is 2.40. The van der Waals surface area contributed by atoms with E-state index >= 15 is 0 Å². The second-order valence-electron chi connectivity index (χ2n) is 6.51. The normalized spacial score (nSPS) is 30.6. The number of likely N-dealkylation sites (tertiary alicyclic amines) is 1. The smallest absolute Gasteiger partial charge is 0.242 e. The van der Waals surface area contributed by atoms with Crippen LogP contribution in [-0.2, 0) is 14.4 Å². The number of carbonyl (C=O) groups is 3. The quantitative estimate of drug-likeness (QED) is 0.556. The van der Waals surface area contributed by atoms with Crippen molar-refractivity contribution in [2.45, 2.75) is 62.9 Å². The van der Waals surface area contributed by atoms with Crippen LogP contribution in [0.1, 0.15) is 52.4 Å². The van der Waals surface area contributed by atoms with E-state index < -0.39 is 0 Å². The van der Waals surface area contributed by atoms with E-state index in [4.69, 9.17) is 7.85 Å². The minimum absolute atomic E-state index is 0.0210. The molecule has 0 bridgehead atoms. The maximum Gasteiger partial charge on any atom is 0.242 e.